The highest BCUT2D eigenvalue weighted by molar-refractivity contribution is 5.94. The Kier molecular flexibility index (Phi) is 14.1. The summed E-state index contributed by atoms with van der Waals surface area (Å²) in [5, 5.41) is 29.9. The number of nitrogens with one attached hydrogen (secondary N) is 3. The fourth-order valence-electron chi connectivity index (χ4n) is 2.65. The molecule has 0 bridgehead atoms. The van der Waals surface area contributed by atoms with E-state index >= 15 is 0 Å². The summed E-state index contributed by atoms with van der Waals surface area (Å²) in [6, 6.07) is 6.13. The fraction of sp³-hybridized carbons (Fsp3) is 0.650. The number of nitrogens with two attached hydrogens (primary N) is 1. The first-order chi connectivity index (χ1) is 13.6. The van der Waals surface area contributed by atoms with Crippen LogP contribution in [-0.4, -0.2) is 73.6 Å². The molecular formula is C20H37N5O3. The van der Waals surface area contributed by atoms with Crippen LogP contribution in [0.15, 0.2) is 24.3 Å². The molecule has 1 rings (SSSR count). The van der Waals surface area contributed by atoms with Crippen molar-refractivity contribution in [2.24, 2.45) is 5.73 Å². The molecule has 0 saturated heterocycles. The molecule has 160 valence electrons. The Morgan fingerprint density at radius 3 is 2.00 bits per heavy atom. The van der Waals surface area contributed by atoms with Crippen molar-refractivity contribution < 1.29 is 15.1 Å². The van der Waals surface area contributed by atoms with Crippen molar-refractivity contribution in [3.05, 3.63) is 29.8 Å². The molecule has 0 aromatic heterocycles. The number of phenolic OH excluding ortho intramolecular Hbond substituents is 1. The number of hydrogen-bond acceptors (Lipinski definition) is 7. The van der Waals surface area contributed by atoms with Gasteiger partial charge in [-0.2, -0.15) is 5.06 Å². The third-order valence-electron chi connectivity index (χ3n) is 4.29. The molecule has 1 aromatic carbocycles. The van der Waals surface area contributed by atoms with Crippen molar-refractivity contribution in [2.75, 3.05) is 52.4 Å². The van der Waals surface area contributed by atoms with Crippen LogP contribution in [0.25, 0.3) is 0 Å². The molecule has 0 aliphatic rings. The number of phenols is 1. The minimum atomic E-state index is -0.178. The molecule has 7 N–H and O–H groups in total. The van der Waals surface area contributed by atoms with Crippen molar-refractivity contribution >= 4 is 5.91 Å². The summed E-state index contributed by atoms with van der Waals surface area (Å²) < 4.78 is 0. The van der Waals surface area contributed by atoms with Crippen LogP contribution in [0.1, 0.15) is 42.5 Å². The van der Waals surface area contributed by atoms with Crippen LogP contribution in [0, 0.1) is 0 Å². The number of aromatic hydroxyl groups is 1. The number of rotatable bonds is 17. The molecule has 0 aliphatic carbocycles. The van der Waals surface area contributed by atoms with Crippen molar-refractivity contribution in [1.29, 1.82) is 0 Å². The largest absolute Gasteiger partial charge is 0.508 e. The fourth-order valence-corrected chi connectivity index (χ4v) is 2.65. The van der Waals surface area contributed by atoms with Gasteiger partial charge in [0.2, 0.25) is 0 Å². The van der Waals surface area contributed by atoms with Crippen LogP contribution in [0.3, 0.4) is 0 Å². The minimum Gasteiger partial charge on any atom is -0.508 e. The van der Waals surface area contributed by atoms with Gasteiger partial charge in [-0.05, 0) is 89.1 Å². The van der Waals surface area contributed by atoms with Gasteiger partial charge in [0.25, 0.3) is 5.91 Å². The van der Waals surface area contributed by atoms with E-state index in [0.29, 0.717) is 31.6 Å². The van der Waals surface area contributed by atoms with Gasteiger partial charge < -0.3 is 32.0 Å². The number of carbonyl (C=O) groups is 1. The third kappa shape index (κ3) is 12.6. The van der Waals surface area contributed by atoms with Crippen molar-refractivity contribution in [1.82, 2.24) is 21.0 Å². The normalized spacial score (nSPS) is 11.1. The number of nitrogens with zero attached hydrogens (tertiary/aromatic N) is 1. The molecule has 0 atom stereocenters. The van der Waals surface area contributed by atoms with E-state index in [-0.39, 0.29) is 11.7 Å². The number of unbranched alkanes of at least 4 members (excludes halogenated alkanes) is 1. The summed E-state index contributed by atoms with van der Waals surface area (Å²) >= 11 is 0. The Hall–Kier alpha value is -1.71. The zero-order chi connectivity index (χ0) is 20.5. The Labute approximate surface area is 168 Å². The van der Waals surface area contributed by atoms with E-state index in [1.807, 2.05) is 0 Å². The van der Waals surface area contributed by atoms with Gasteiger partial charge in [0, 0.05) is 25.2 Å². The van der Waals surface area contributed by atoms with Gasteiger partial charge in [-0.1, -0.05) is 0 Å². The second-order valence-electron chi connectivity index (χ2n) is 6.81. The Morgan fingerprint density at radius 1 is 0.857 bits per heavy atom. The highest BCUT2D eigenvalue weighted by atomic mass is 16.5. The van der Waals surface area contributed by atoms with Crippen LogP contribution < -0.4 is 21.7 Å². The molecule has 1 aromatic rings. The lowest BCUT2D eigenvalue weighted by molar-refractivity contribution is -0.0914. The van der Waals surface area contributed by atoms with Gasteiger partial charge >= 0.3 is 0 Å². The maximum atomic E-state index is 11.9. The van der Waals surface area contributed by atoms with E-state index in [0.717, 1.165) is 58.4 Å². The van der Waals surface area contributed by atoms with Crippen molar-refractivity contribution in [2.45, 2.75) is 32.1 Å². The summed E-state index contributed by atoms with van der Waals surface area (Å²) in [5.41, 5.74) is 5.95. The second kappa shape index (κ2) is 16.3. The lowest BCUT2D eigenvalue weighted by Gasteiger charge is -2.15. The van der Waals surface area contributed by atoms with E-state index in [4.69, 9.17) is 5.73 Å². The number of hydroxylamine groups is 2. The van der Waals surface area contributed by atoms with E-state index < -0.39 is 0 Å². The van der Waals surface area contributed by atoms with Crippen LogP contribution in [-0.2, 0) is 0 Å². The predicted octanol–water partition coefficient (Wildman–Crippen LogP) is 0.902. The molecule has 0 fully saturated rings. The summed E-state index contributed by atoms with van der Waals surface area (Å²) in [4.78, 5) is 11.9. The van der Waals surface area contributed by atoms with Gasteiger partial charge in [-0.25, -0.2) is 0 Å². The lowest BCUT2D eigenvalue weighted by Crippen LogP contribution is -2.30. The zero-order valence-electron chi connectivity index (χ0n) is 16.8. The Morgan fingerprint density at radius 2 is 1.39 bits per heavy atom. The Bertz CT molecular complexity index is 513. The monoisotopic (exact) mass is 395 g/mol. The van der Waals surface area contributed by atoms with Crippen molar-refractivity contribution in [3.8, 4) is 5.75 Å². The highest BCUT2D eigenvalue weighted by Crippen LogP contribution is 2.09. The third-order valence-corrected chi connectivity index (χ3v) is 4.29. The highest BCUT2D eigenvalue weighted by Gasteiger charge is 2.05. The zero-order valence-corrected chi connectivity index (χ0v) is 16.8. The van der Waals surface area contributed by atoms with Crippen LogP contribution in [0.4, 0.5) is 0 Å². The van der Waals surface area contributed by atoms with Gasteiger partial charge in [-0.15, -0.1) is 0 Å². The van der Waals surface area contributed by atoms with Gasteiger partial charge in [0.05, 0.1) is 0 Å². The number of hydrogen-bond donors (Lipinski definition) is 6. The minimum absolute atomic E-state index is 0.136. The number of benzene rings is 1. The molecule has 0 aliphatic heterocycles. The van der Waals surface area contributed by atoms with E-state index in [9.17, 15) is 15.1 Å². The average Bonchev–Trinajstić information content (AvgIpc) is 2.69. The summed E-state index contributed by atoms with van der Waals surface area (Å²) in [5.74, 6) is -0.0411. The van der Waals surface area contributed by atoms with Crippen LogP contribution >= 0.6 is 0 Å². The summed E-state index contributed by atoms with van der Waals surface area (Å²) in [6.07, 6.45) is 4.87. The number of carbonyl (C=O) groups excluding carboxylic acids is 1. The van der Waals surface area contributed by atoms with Gasteiger partial charge in [-0.3, -0.25) is 4.79 Å². The molecule has 0 unspecified atom stereocenters. The number of amides is 1. The first-order valence-corrected chi connectivity index (χ1v) is 10.3. The lowest BCUT2D eigenvalue weighted by atomic mass is 10.2. The van der Waals surface area contributed by atoms with Crippen molar-refractivity contribution in [3.63, 3.8) is 0 Å². The molecule has 1 amide bonds. The molecule has 0 spiro atoms. The van der Waals surface area contributed by atoms with Crippen LogP contribution in [0.5, 0.6) is 5.75 Å². The second-order valence-corrected chi connectivity index (χ2v) is 6.81. The van der Waals surface area contributed by atoms with E-state index in [1.54, 1.807) is 12.1 Å². The summed E-state index contributed by atoms with van der Waals surface area (Å²) in [6.45, 7) is 6.28. The molecule has 8 nitrogen and oxygen atoms in total. The van der Waals surface area contributed by atoms with Gasteiger partial charge in [0.15, 0.2) is 0 Å². The van der Waals surface area contributed by atoms with Crippen LogP contribution in [0.2, 0.25) is 0 Å². The predicted molar refractivity (Wildman–Crippen MR) is 112 cm³/mol. The molecule has 8 heteroatoms. The average molecular weight is 396 g/mol. The van der Waals surface area contributed by atoms with E-state index in [1.165, 1.54) is 17.2 Å². The first kappa shape index (κ1) is 24.3. The SMILES string of the molecule is NCCCNCCCCNCCCN(O)CCCNC(=O)c1ccc(O)cc1. The van der Waals surface area contributed by atoms with Gasteiger partial charge in [0.1, 0.15) is 5.75 Å². The maximum Gasteiger partial charge on any atom is 0.251 e. The maximum absolute atomic E-state index is 11.9. The molecular weight excluding hydrogens is 358 g/mol. The standard InChI is InChI=1S/C20H37N5O3/c21-10-3-13-22-11-1-2-12-23-14-4-16-25(28)17-5-15-24-20(27)18-6-8-19(26)9-7-18/h6-9,22-23,26,28H,1-5,10-17,21H2,(H,24,27). The molecule has 0 saturated carbocycles. The topological polar surface area (TPSA) is 123 Å². The van der Waals surface area contributed by atoms with E-state index in [2.05, 4.69) is 16.0 Å². The molecule has 0 heterocycles. The summed E-state index contributed by atoms with van der Waals surface area (Å²) in [7, 11) is 0. The Balaban J connectivity index is 1.89. The smallest absolute Gasteiger partial charge is 0.251 e. The first-order valence-electron chi connectivity index (χ1n) is 10.3. The molecule has 0 radical (unpaired) electrons. The quantitative estimate of drug-likeness (QED) is 0.171. The molecule has 28 heavy (non-hydrogen) atoms.